The van der Waals surface area contributed by atoms with Crippen molar-refractivity contribution in [2.75, 3.05) is 4.90 Å². The van der Waals surface area contributed by atoms with Gasteiger partial charge in [-0.2, -0.15) is 8.42 Å². The number of anilines is 2. The Balaban J connectivity index is 2.11. The van der Waals surface area contributed by atoms with Crippen LogP contribution in [0.1, 0.15) is 13.8 Å². The van der Waals surface area contributed by atoms with Crippen molar-refractivity contribution >= 4 is 33.3 Å². The van der Waals surface area contributed by atoms with Crippen LogP contribution in [0, 0.1) is 0 Å². The smallest absolute Gasteiger partial charge is 0.296 e. The van der Waals surface area contributed by atoms with Gasteiger partial charge in [-0.05, 0) is 49.8 Å². The fourth-order valence-corrected chi connectivity index (χ4v) is 5.44. The Morgan fingerprint density at radius 2 is 1.73 bits per heavy atom. The molecule has 0 aliphatic carbocycles. The molecule has 2 aromatic carbocycles. The monoisotopic (exact) mass is 437 g/mol. The maximum Gasteiger partial charge on any atom is 0.310 e. The van der Waals surface area contributed by atoms with E-state index in [1.807, 2.05) is 42.5 Å². The first-order chi connectivity index (χ1) is 14.4. The van der Waals surface area contributed by atoms with Crippen molar-refractivity contribution in [1.82, 2.24) is 9.97 Å². The van der Waals surface area contributed by atoms with Crippen molar-refractivity contribution in [3.8, 4) is 11.4 Å². The molecule has 0 fully saturated rings. The summed E-state index contributed by atoms with van der Waals surface area (Å²) in [6, 6.07) is 14.9. The molecule has 0 amide bonds. The van der Waals surface area contributed by atoms with Gasteiger partial charge in [0.25, 0.3) is 0 Å². The molecule has 1 aliphatic heterocycles. The van der Waals surface area contributed by atoms with Gasteiger partial charge in [-0.1, -0.05) is 42.1 Å². The molecule has 0 bridgehead atoms. The highest BCUT2D eigenvalue weighted by molar-refractivity contribution is 7.99. The van der Waals surface area contributed by atoms with E-state index in [-0.39, 0.29) is 5.03 Å². The van der Waals surface area contributed by atoms with E-state index in [1.165, 1.54) is 11.8 Å². The molecule has 4 rings (SSSR count). The van der Waals surface area contributed by atoms with E-state index < -0.39 is 10.1 Å². The Labute approximate surface area is 179 Å². The molecule has 0 atom stereocenters. The fraction of sp³-hybridized carbons (Fsp3) is 0.0909. The third-order valence-corrected chi connectivity index (χ3v) is 6.66. The molecule has 152 valence electrons. The zero-order chi connectivity index (χ0) is 21.3. The van der Waals surface area contributed by atoms with Crippen LogP contribution in [0.5, 0.6) is 0 Å². The van der Waals surface area contributed by atoms with Gasteiger partial charge >= 0.3 is 10.1 Å². The van der Waals surface area contributed by atoms with Crippen LogP contribution in [-0.2, 0) is 10.1 Å². The SMILES string of the molecule is CC=CC(C)=C(N1c2ccccc2Sc2cccc(-c3ncccn3)c21)S(=O)(=O)O. The first-order valence-electron chi connectivity index (χ1n) is 9.20. The number of hydrogen-bond donors (Lipinski definition) is 1. The molecule has 0 saturated carbocycles. The van der Waals surface area contributed by atoms with E-state index in [0.29, 0.717) is 28.3 Å². The molecule has 6 nitrogen and oxygen atoms in total. The van der Waals surface area contributed by atoms with Crippen molar-refractivity contribution in [1.29, 1.82) is 0 Å². The lowest BCUT2D eigenvalue weighted by Gasteiger charge is -2.35. The van der Waals surface area contributed by atoms with Gasteiger partial charge in [0.1, 0.15) is 0 Å². The fourth-order valence-electron chi connectivity index (χ4n) is 3.45. The number of rotatable bonds is 4. The lowest BCUT2D eigenvalue weighted by Crippen LogP contribution is -2.27. The molecule has 3 aromatic rings. The minimum Gasteiger partial charge on any atom is -0.296 e. The van der Waals surface area contributed by atoms with Gasteiger partial charge in [0, 0.05) is 27.7 Å². The van der Waals surface area contributed by atoms with Crippen LogP contribution in [0.3, 0.4) is 0 Å². The molecule has 0 unspecified atom stereocenters. The van der Waals surface area contributed by atoms with Gasteiger partial charge in [-0.25, -0.2) is 9.97 Å². The Bertz CT molecular complexity index is 1270. The van der Waals surface area contributed by atoms with Gasteiger partial charge < -0.3 is 0 Å². The normalized spacial score (nSPS) is 14.3. The summed E-state index contributed by atoms with van der Waals surface area (Å²) in [7, 11) is -4.57. The van der Waals surface area contributed by atoms with Crippen LogP contribution in [-0.4, -0.2) is 22.9 Å². The number of allylic oxidation sites excluding steroid dienone is 3. The Hall–Kier alpha value is -2.94. The third-order valence-electron chi connectivity index (χ3n) is 4.56. The molecule has 8 heteroatoms. The summed E-state index contributed by atoms with van der Waals surface area (Å²) in [5.74, 6) is 0.470. The van der Waals surface area contributed by atoms with Crippen LogP contribution in [0.25, 0.3) is 11.4 Å². The maximum absolute atomic E-state index is 12.6. The summed E-state index contributed by atoms with van der Waals surface area (Å²) in [4.78, 5) is 12.0. The average Bonchev–Trinajstić information content (AvgIpc) is 2.73. The van der Waals surface area contributed by atoms with E-state index in [9.17, 15) is 13.0 Å². The van der Waals surface area contributed by atoms with Crippen LogP contribution in [0.15, 0.2) is 93.5 Å². The number of para-hydroxylation sites is 2. The standard InChI is InChI=1S/C22H19N3O3S2/c1-3-8-15(2)22(30(26,27)28)25-17-10-4-5-11-18(17)29-19-12-6-9-16(20(19)25)21-23-13-7-14-24-21/h3-14H,1-2H3,(H,26,27,28). The Kier molecular flexibility index (Phi) is 5.46. The molecule has 0 saturated heterocycles. The van der Waals surface area contributed by atoms with Crippen molar-refractivity contribution in [3.63, 3.8) is 0 Å². The van der Waals surface area contributed by atoms with Crippen molar-refractivity contribution in [3.05, 3.63) is 83.7 Å². The number of fused-ring (bicyclic) bond motifs is 2. The summed E-state index contributed by atoms with van der Waals surface area (Å²) >= 11 is 1.53. The minimum absolute atomic E-state index is 0.196. The highest BCUT2D eigenvalue weighted by Gasteiger charge is 2.34. The first kappa shape index (κ1) is 20.3. The first-order valence-corrected chi connectivity index (χ1v) is 11.5. The van der Waals surface area contributed by atoms with Crippen LogP contribution in [0.2, 0.25) is 0 Å². The van der Waals surface area contributed by atoms with Crippen molar-refractivity contribution < 1.29 is 13.0 Å². The van der Waals surface area contributed by atoms with Gasteiger partial charge in [0.05, 0.1) is 11.4 Å². The molecule has 2 heterocycles. The number of aromatic nitrogens is 2. The Morgan fingerprint density at radius 1 is 1.03 bits per heavy atom. The third kappa shape index (κ3) is 3.65. The van der Waals surface area contributed by atoms with E-state index in [0.717, 1.165) is 9.79 Å². The van der Waals surface area contributed by atoms with Crippen LogP contribution >= 0.6 is 11.8 Å². The van der Waals surface area contributed by atoms with E-state index in [1.54, 1.807) is 49.4 Å². The predicted molar refractivity (Wildman–Crippen MR) is 119 cm³/mol. The van der Waals surface area contributed by atoms with Gasteiger partial charge in [0.2, 0.25) is 0 Å². The van der Waals surface area contributed by atoms with E-state index >= 15 is 0 Å². The minimum atomic E-state index is -4.57. The van der Waals surface area contributed by atoms with Gasteiger partial charge in [-0.3, -0.25) is 9.45 Å². The molecule has 1 aromatic heterocycles. The molecular weight excluding hydrogens is 418 g/mol. The topological polar surface area (TPSA) is 83.4 Å². The van der Waals surface area contributed by atoms with Crippen LogP contribution in [0.4, 0.5) is 11.4 Å². The van der Waals surface area contributed by atoms with E-state index in [4.69, 9.17) is 0 Å². The molecular formula is C22H19N3O3S2. The number of hydrogen-bond acceptors (Lipinski definition) is 6. The lowest BCUT2D eigenvalue weighted by atomic mass is 10.1. The second-order valence-electron chi connectivity index (χ2n) is 6.59. The molecule has 0 radical (unpaired) electrons. The summed E-state index contributed by atoms with van der Waals surface area (Å²) < 4.78 is 35.4. The zero-order valence-corrected chi connectivity index (χ0v) is 18.0. The van der Waals surface area contributed by atoms with Gasteiger partial charge in [-0.15, -0.1) is 0 Å². The number of benzene rings is 2. The summed E-state index contributed by atoms with van der Waals surface area (Å²) in [6.07, 6.45) is 6.67. The maximum atomic E-state index is 12.6. The highest BCUT2D eigenvalue weighted by Crippen LogP contribution is 2.53. The summed E-state index contributed by atoms with van der Waals surface area (Å²) in [5, 5.41) is -0.196. The molecule has 0 spiro atoms. The van der Waals surface area contributed by atoms with Crippen LogP contribution < -0.4 is 4.90 Å². The van der Waals surface area contributed by atoms with Crippen molar-refractivity contribution in [2.24, 2.45) is 0 Å². The lowest BCUT2D eigenvalue weighted by molar-refractivity contribution is 0.489. The van der Waals surface area contributed by atoms with Gasteiger partial charge in [0.15, 0.2) is 10.9 Å². The zero-order valence-electron chi connectivity index (χ0n) is 16.4. The second-order valence-corrected chi connectivity index (χ2v) is 9.01. The average molecular weight is 438 g/mol. The summed E-state index contributed by atoms with van der Waals surface area (Å²) in [5.41, 5.74) is 2.36. The number of nitrogens with zero attached hydrogens (tertiary/aromatic N) is 3. The largest absolute Gasteiger partial charge is 0.310 e. The quantitative estimate of drug-likeness (QED) is 0.430. The summed E-state index contributed by atoms with van der Waals surface area (Å²) in [6.45, 7) is 3.46. The van der Waals surface area contributed by atoms with E-state index in [2.05, 4.69) is 9.97 Å². The molecule has 1 N–H and O–H groups in total. The predicted octanol–water partition coefficient (Wildman–Crippen LogP) is 5.44. The Morgan fingerprint density at radius 3 is 2.43 bits per heavy atom. The molecule has 30 heavy (non-hydrogen) atoms. The highest BCUT2D eigenvalue weighted by atomic mass is 32.2. The molecule has 1 aliphatic rings. The van der Waals surface area contributed by atoms with Crippen molar-refractivity contribution in [2.45, 2.75) is 23.6 Å². The second kappa shape index (κ2) is 8.06.